The Hall–Kier alpha value is -3.86. The van der Waals surface area contributed by atoms with Gasteiger partial charge in [-0.25, -0.2) is 4.98 Å². The molecule has 4 heterocycles. The summed E-state index contributed by atoms with van der Waals surface area (Å²) in [6, 6.07) is 16.5. The molecule has 5 aromatic rings. The minimum Gasteiger partial charge on any atom is -0.497 e. The van der Waals surface area contributed by atoms with Crippen LogP contribution in [-0.2, 0) is 6.54 Å². The molecule has 0 saturated heterocycles. The second-order valence-corrected chi connectivity index (χ2v) is 7.34. The SMILES string of the molecule is C=Cc1ccn2c(C)c(-c3cc4ccc(OC)cc4n3Cc3cccnc3)nc2c1. The van der Waals surface area contributed by atoms with E-state index in [-0.39, 0.29) is 0 Å². The van der Waals surface area contributed by atoms with Crippen LogP contribution >= 0.6 is 0 Å². The van der Waals surface area contributed by atoms with Crippen molar-refractivity contribution in [1.29, 1.82) is 0 Å². The molecule has 5 nitrogen and oxygen atoms in total. The minimum atomic E-state index is 0.699. The third-order valence-electron chi connectivity index (χ3n) is 5.54. The average molecular weight is 394 g/mol. The van der Waals surface area contributed by atoms with Crippen LogP contribution in [0, 0.1) is 6.92 Å². The van der Waals surface area contributed by atoms with Crippen LogP contribution in [0.25, 0.3) is 34.0 Å². The summed E-state index contributed by atoms with van der Waals surface area (Å²) in [5.41, 5.74) is 7.35. The van der Waals surface area contributed by atoms with Crippen LogP contribution in [0.2, 0.25) is 0 Å². The molecule has 0 N–H and O–H groups in total. The summed E-state index contributed by atoms with van der Waals surface area (Å²) in [4.78, 5) is 9.26. The molecule has 0 aliphatic heterocycles. The van der Waals surface area contributed by atoms with Gasteiger partial charge in [0.2, 0.25) is 0 Å². The van der Waals surface area contributed by atoms with E-state index >= 15 is 0 Å². The molecule has 5 rings (SSSR count). The van der Waals surface area contributed by atoms with Crippen molar-refractivity contribution in [2.75, 3.05) is 7.11 Å². The van der Waals surface area contributed by atoms with E-state index in [2.05, 4.69) is 70.0 Å². The lowest BCUT2D eigenvalue weighted by Gasteiger charge is -2.11. The highest BCUT2D eigenvalue weighted by molar-refractivity contribution is 5.88. The van der Waals surface area contributed by atoms with Gasteiger partial charge in [0.05, 0.1) is 18.3 Å². The van der Waals surface area contributed by atoms with Gasteiger partial charge in [-0.2, -0.15) is 0 Å². The first-order valence-corrected chi connectivity index (χ1v) is 9.85. The smallest absolute Gasteiger partial charge is 0.138 e. The van der Waals surface area contributed by atoms with Gasteiger partial charge in [0.1, 0.15) is 17.1 Å². The fourth-order valence-electron chi connectivity index (χ4n) is 3.95. The zero-order valence-electron chi connectivity index (χ0n) is 17.0. The van der Waals surface area contributed by atoms with Crippen molar-refractivity contribution in [3.05, 3.63) is 90.5 Å². The Kier molecular flexibility index (Phi) is 4.36. The quantitative estimate of drug-likeness (QED) is 0.403. The number of pyridine rings is 2. The van der Waals surface area contributed by atoms with Crippen molar-refractivity contribution < 1.29 is 4.74 Å². The van der Waals surface area contributed by atoms with Crippen LogP contribution in [0.3, 0.4) is 0 Å². The van der Waals surface area contributed by atoms with Gasteiger partial charge < -0.3 is 13.7 Å². The summed E-state index contributed by atoms with van der Waals surface area (Å²) in [7, 11) is 1.69. The van der Waals surface area contributed by atoms with E-state index in [1.54, 1.807) is 13.3 Å². The molecule has 0 aliphatic rings. The zero-order chi connectivity index (χ0) is 20.7. The van der Waals surface area contributed by atoms with E-state index in [1.165, 1.54) is 0 Å². The van der Waals surface area contributed by atoms with Crippen LogP contribution in [-0.4, -0.2) is 26.0 Å². The molecule has 0 bridgehead atoms. The summed E-state index contributed by atoms with van der Waals surface area (Å²) in [5.74, 6) is 0.835. The highest BCUT2D eigenvalue weighted by Crippen LogP contribution is 2.33. The molecule has 4 aromatic heterocycles. The Morgan fingerprint density at radius 1 is 1.13 bits per heavy atom. The van der Waals surface area contributed by atoms with E-state index in [0.717, 1.165) is 50.5 Å². The summed E-state index contributed by atoms with van der Waals surface area (Å²) in [5, 5.41) is 1.15. The first-order chi connectivity index (χ1) is 14.7. The van der Waals surface area contributed by atoms with Crippen LogP contribution in [0.15, 0.2) is 73.7 Å². The number of ether oxygens (including phenoxy) is 1. The number of methoxy groups -OCH3 is 1. The normalized spacial score (nSPS) is 11.3. The fourth-order valence-corrected chi connectivity index (χ4v) is 3.95. The van der Waals surface area contributed by atoms with Crippen molar-refractivity contribution in [3.63, 3.8) is 0 Å². The maximum Gasteiger partial charge on any atom is 0.138 e. The first kappa shape index (κ1) is 18.2. The van der Waals surface area contributed by atoms with Crippen LogP contribution in [0.1, 0.15) is 16.8 Å². The summed E-state index contributed by atoms with van der Waals surface area (Å²) >= 11 is 0. The number of aryl methyl sites for hydroxylation is 1. The minimum absolute atomic E-state index is 0.699. The van der Waals surface area contributed by atoms with Crippen molar-refractivity contribution in [1.82, 2.24) is 18.9 Å². The van der Waals surface area contributed by atoms with Gasteiger partial charge >= 0.3 is 0 Å². The summed E-state index contributed by atoms with van der Waals surface area (Å²) in [6.07, 6.45) is 7.60. The van der Waals surface area contributed by atoms with Crippen molar-refractivity contribution >= 4 is 22.6 Å². The number of imidazole rings is 1. The van der Waals surface area contributed by atoms with Gasteiger partial charge in [-0.05, 0) is 54.4 Å². The van der Waals surface area contributed by atoms with Gasteiger partial charge in [0.25, 0.3) is 0 Å². The lowest BCUT2D eigenvalue weighted by atomic mass is 10.2. The standard InChI is InChI=1S/C25H22N4O/c1-4-18-9-11-28-17(2)25(27-24(28)12-18)23-13-20-7-8-21(30-3)14-22(20)29(23)16-19-6-5-10-26-15-19/h4-15H,1,16H2,2-3H3. The second kappa shape index (κ2) is 7.19. The van der Waals surface area contributed by atoms with E-state index in [1.807, 2.05) is 24.4 Å². The van der Waals surface area contributed by atoms with Crippen molar-refractivity contribution in [2.45, 2.75) is 13.5 Å². The lowest BCUT2D eigenvalue weighted by Crippen LogP contribution is -2.03. The molecule has 0 spiro atoms. The van der Waals surface area contributed by atoms with Crippen molar-refractivity contribution in [2.24, 2.45) is 0 Å². The molecule has 0 atom stereocenters. The molecule has 0 saturated carbocycles. The maximum absolute atomic E-state index is 5.48. The number of aromatic nitrogens is 4. The number of hydrogen-bond donors (Lipinski definition) is 0. The Bertz CT molecular complexity index is 1380. The van der Waals surface area contributed by atoms with E-state index < -0.39 is 0 Å². The first-order valence-electron chi connectivity index (χ1n) is 9.85. The van der Waals surface area contributed by atoms with Gasteiger partial charge in [0.15, 0.2) is 0 Å². The van der Waals surface area contributed by atoms with E-state index in [4.69, 9.17) is 9.72 Å². The second-order valence-electron chi connectivity index (χ2n) is 7.34. The summed E-state index contributed by atoms with van der Waals surface area (Å²) in [6.45, 7) is 6.68. The van der Waals surface area contributed by atoms with E-state index in [0.29, 0.717) is 6.54 Å². The Labute approximate surface area is 174 Å². The number of rotatable bonds is 5. The molecule has 0 aliphatic carbocycles. The fraction of sp³-hybridized carbons (Fsp3) is 0.120. The number of nitrogens with zero attached hydrogens (tertiary/aromatic N) is 4. The van der Waals surface area contributed by atoms with Gasteiger partial charge in [-0.15, -0.1) is 0 Å². The highest BCUT2D eigenvalue weighted by Gasteiger charge is 2.18. The molecular formula is C25H22N4O. The molecule has 30 heavy (non-hydrogen) atoms. The molecule has 1 aromatic carbocycles. The van der Waals surface area contributed by atoms with Crippen molar-refractivity contribution in [3.8, 4) is 17.1 Å². The van der Waals surface area contributed by atoms with Crippen LogP contribution < -0.4 is 4.74 Å². The summed E-state index contributed by atoms with van der Waals surface area (Å²) < 4.78 is 9.89. The molecule has 0 fully saturated rings. The molecule has 148 valence electrons. The van der Waals surface area contributed by atoms with Crippen LogP contribution in [0.5, 0.6) is 5.75 Å². The third-order valence-corrected chi connectivity index (χ3v) is 5.54. The monoisotopic (exact) mass is 394 g/mol. The molecule has 5 heteroatoms. The molecule has 0 amide bonds. The number of fused-ring (bicyclic) bond motifs is 2. The van der Waals surface area contributed by atoms with Gasteiger partial charge in [-0.3, -0.25) is 4.98 Å². The molecule has 0 radical (unpaired) electrons. The number of hydrogen-bond acceptors (Lipinski definition) is 3. The van der Waals surface area contributed by atoms with Gasteiger partial charge in [0, 0.05) is 42.3 Å². The van der Waals surface area contributed by atoms with Gasteiger partial charge in [-0.1, -0.05) is 18.7 Å². The number of benzene rings is 1. The van der Waals surface area contributed by atoms with E-state index in [9.17, 15) is 0 Å². The third kappa shape index (κ3) is 2.95. The Morgan fingerprint density at radius 2 is 2.03 bits per heavy atom. The molecule has 0 unspecified atom stereocenters. The lowest BCUT2D eigenvalue weighted by molar-refractivity contribution is 0.415. The average Bonchev–Trinajstić information content (AvgIpc) is 3.31. The highest BCUT2D eigenvalue weighted by atomic mass is 16.5. The Morgan fingerprint density at radius 3 is 2.80 bits per heavy atom. The Balaban J connectivity index is 1.76. The maximum atomic E-state index is 5.48. The van der Waals surface area contributed by atoms with Crippen LogP contribution in [0.4, 0.5) is 0 Å². The zero-order valence-corrected chi connectivity index (χ0v) is 17.0. The topological polar surface area (TPSA) is 44.4 Å². The molecular weight excluding hydrogens is 372 g/mol. The predicted octanol–water partition coefficient (Wildman–Crippen LogP) is 5.36. The predicted molar refractivity (Wildman–Crippen MR) is 121 cm³/mol. The largest absolute Gasteiger partial charge is 0.497 e.